The van der Waals surface area contributed by atoms with Gasteiger partial charge >= 0.3 is 0 Å². The molecular formula is C38H61N7O6. The molecule has 0 spiro atoms. The molecule has 1 aromatic heterocycles. The van der Waals surface area contributed by atoms with Gasteiger partial charge in [0.15, 0.2) is 5.78 Å². The Balaban J connectivity index is 2.13. The monoisotopic (exact) mass is 711 g/mol. The Morgan fingerprint density at radius 2 is 1.41 bits per heavy atom. The summed E-state index contributed by atoms with van der Waals surface area (Å²) in [6.45, 7) is 19.6. The van der Waals surface area contributed by atoms with Gasteiger partial charge in [0.1, 0.15) is 24.2 Å². The first kappa shape index (κ1) is 43.1. The summed E-state index contributed by atoms with van der Waals surface area (Å²) >= 11 is 0. The zero-order valence-corrected chi connectivity index (χ0v) is 32.0. The molecule has 0 fully saturated rings. The van der Waals surface area contributed by atoms with Crippen molar-refractivity contribution < 1.29 is 29.1 Å². The maximum atomic E-state index is 13.7. The highest BCUT2D eigenvalue weighted by atomic mass is 16.3. The molecule has 51 heavy (non-hydrogen) atoms. The van der Waals surface area contributed by atoms with E-state index >= 15 is 0 Å². The van der Waals surface area contributed by atoms with Crippen molar-refractivity contribution in [1.29, 1.82) is 0 Å². The summed E-state index contributed by atoms with van der Waals surface area (Å²) in [5.41, 5.74) is 2.23. The lowest BCUT2D eigenvalue weighted by molar-refractivity contribution is -0.134. The van der Waals surface area contributed by atoms with Crippen LogP contribution in [-0.4, -0.2) is 99.6 Å². The van der Waals surface area contributed by atoms with Crippen LogP contribution in [0.2, 0.25) is 0 Å². The molecule has 4 amide bonds. The van der Waals surface area contributed by atoms with E-state index in [9.17, 15) is 29.1 Å². The van der Waals surface area contributed by atoms with Gasteiger partial charge < -0.3 is 31.3 Å². The van der Waals surface area contributed by atoms with Crippen LogP contribution in [0.4, 0.5) is 0 Å². The Labute approximate surface area is 303 Å². The largest absolute Gasteiger partial charge is 0.394 e. The number of hydrogen-bond acceptors (Lipinski definition) is 8. The van der Waals surface area contributed by atoms with Crippen molar-refractivity contribution in [2.45, 2.75) is 124 Å². The van der Waals surface area contributed by atoms with E-state index < -0.39 is 54.4 Å². The van der Waals surface area contributed by atoms with Crippen LogP contribution in [0.3, 0.4) is 0 Å². The standard InChI is InChI=1S/C38H61N7O6/c1-10-33(47)32(24-46)43-36(50)30(15-13-14-20-44(11-2)12-3)41-37(51)31(21-25(4)5)42-34(48)26(6)40-35(49)27-22-39-45(23-27)29-18-16-28(17-19-29)38(7,8)9/h16-19,22-23,25-26,30-32,46H,10-15,20-21,24H2,1-9H3,(H,40,49)(H,41,51)(H,42,48)(H,43,50)/t26-,30-,31-,32-/m0/s1. The summed E-state index contributed by atoms with van der Waals surface area (Å²) in [4.78, 5) is 67.9. The number of aliphatic hydroxyl groups excluding tert-OH is 1. The molecule has 4 atom stereocenters. The van der Waals surface area contributed by atoms with Gasteiger partial charge in [0, 0.05) is 12.6 Å². The van der Waals surface area contributed by atoms with Crippen LogP contribution >= 0.6 is 0 Å². The first-order valence-corrected chi connectivity index (χ1v) is 18.3. The summed E-state index contributed by atoms with van der Waals surface area (Å²) in [5, 5.41) is 24.9. The minimum atomic E-state index is -1.07. The predicted octanol–water partition coefficient (Wildman–Crippen LogP) is 3.27. The van der Waals surface area contributed by atoms with E-state index in [0.29, 0.717) is 12.8 Å². The van der Waals surface area contributed by atoms with Crippen LogP contribution in [0.5, 0.6) is 0 Å². The molecule has 0 saturated heterocycles. The second-order valence-electron chi connectivity index (χ2n) is 14.5. The average Bonchev–Trinajstić information content (AvgIpc) is 3.59. The molecule has 0 radical (unpaired) electrons. The minimum Gasteiger partial charge on any atom is -0.394 e. The second kappa shape index (κ2) is 20.7. The molecule has 0 bridgehead atoms. The molecule has 5 N–H and O–H groups in total. The highest BCUT2D eigenvalue weighted by molar-refractivity contribution is 5.98. The Bertz CT molecular complexity index is 1430. The molecule has 0 aliphatic heterocycles. The normalized spacial score (nSPS) is 14.0. The molecule has 0 aliphatic rings. The molecule has 0 unspecified atom stereocenters. The van der Waals surface area contributed by atoms with Gasteiger partial charge in [-0.3, -0.25) is 24.0 Å². The van der Waals surface area contributed by atoms with Gasteiger partial charge in [-0.15, -0.1) is 0 Å². The number of nitrogens with one attached hydrogen (secondary N) is 4. The minimum absolute atomic E-state index is 0.000496. The molecule has 0 aliphatic carbocycles. The lowest BCUT2D eigenvalue weighted by atomic mass is 9.87. The van der Waals surface area contributed by atoms with Crippen molar-refractivity contribution in [3.8, 4) is 5.69 Å². The number of Topliss-reactive ketones (excluding diaryl/α,β-unsaturated/α-hetero) is 1. The van der Waals surface area contributed by atoms with Gasteiger partial charge in [-0.1, -0.05) is 67.5 Å². The van der Waals surface area contributed by atoms with E-state index in [0.717, 1.165) is 31.7 Å². The van der Waals surface area contributed by atoms with E-state index in [-0.39, 0.29) is 35.5 Å². The van der Waals surface area contributed by atoms with Crippen LogP contribution in [0.15, 0.2) is 36.7 Å². The Hall–Kier alpha value is -4.10. The average molecular weight is 712 g/mol. The quantitative estimate of drug-likeness (QED) is 0.123. The van der Waals surface area contributed by atoms with Crippen molar-refractivity contribution in [3.05, 3.63) is 47.8 Å². The molecular weight excluding hydrogens is 650 g/mol. The van der Waals surface area contributed by atoms with Crippen LogP contribution in [0, 0.1) is 5.92 Å². The first-order chi connectivity index (χ1) is 24.0. The second-order valence-corrected chi connectivity index (χ2v) is 14.5. The van der Waals surface area contributed by atoms with E-state index in [1.807, 2.05) is 38.1 Å². The zero-order valence-electron chi connectivity index (χ0n) is 32.0. The number of aliphatic hydroxyl groups is 1. The number of benzene rings is 1. The number of nitrogens with zero attached hydrogens (tertiary/aromatic N) is 3. The van der Waals surface area contributed by atoms with Crippen molar-refractivity contribution in [2.75, 3.05) is 26.2 Å². The molecule has 1 heterocycles. The molecule has 2 rings (SSSR count). The number of amides is 4. The molecule has 0 saturated carbocycles. The molecule has 13 heteroatoms. The maximum Gasteiger partial charge on any atom is 0.255 e. The lowest BCUT2D eigenvalue weighted by Gasteiger charge is -2.26. The number of rotatable bonds is 21. The van der Waals surface area contributed by atoms with Gasteiger partial charge in [0.05, 0.1) is 24.1 Å². The van der Waals surface area contributed by atoms with Gasteiger partial charge in [-0.05, 0) is 81.3 Å². The lowest BCUT2D eigenvalue weighted by Crippen LogP contribution is -2.58. The van der Waals surface area contributed by atoms with Crippen molar-refractivity contribution in [3.63, 3.8) is 0 Å². The van der Waals surface area contributed by atoms with E-state index in [2.05, 4.69) is 65.9 Å². The van der Waals surface area contributed by atoms with E-state index in [1.165, 1.54) is 18.7 Å². The Morgan fingerprint density at radius 1 is 0.824 bits per heavy atom. The van der Waals surface area contributed by atoms with Crippen molar-refractivity contribution in [2.24, 2.45) is 5.92 Å². The highest BCUT2D eigenvalue weighted by Gasteiger charge is 2.30. The molecule has 284 valence electrons. The molecule has 1 aromatic carbocycles. The van der Waals surface area contributed by atoms with E-state index in [4.69, 9.17) is 0 Å². The number of hydrogen-bond donors (Lipinski definition) is 5. The number of aromatic nitrogens is 2. The fourth-order valence-corrected chi connectivity index (χ4v) is 5.55. The third kappa shape index (κ3) is 13.9. The Kier molecular flexibility index (Phi) is 17.5. The van der Waals surface area contributed by atoms with E-state index in [1.54, 1.807) is 17.8 Å². The number of carbonyl (C=O) groups is 5. The summed E-state index contributed by atoms with van der Waals surface area (Å²) in [6, 6.07) is 3.87. The predicted molar refractivity (Wildman–Crippen MR) is 198 cm³/mol. The smallest absolute Gasteiger partial charge is 0.255 e. The first-order valence-electron chi connectivity index (χ1n) is 18.3. The van der Waals surface area contributed by atoms with Crippen LogP contribution in [-0.2, 0) is 24.6 Å². The molecule has 13 nitrogen and oxygen atoms in total. The number of ketones is 1. The highest BCUT2D eigenvalue weighted by Crippen LogP contribution is 2.23. The fraction of sp³-hybridized carbons (Fsp3) is 0.632. The van der Waals surface area contributed by atoms with Crippen molar-refractivity contribution in [1.82, 2.24) is 35.9 Å². The number of unbranched alkanes of at least 4 members (excludes halogenated alkanes) is 1. The third-order valence-corrected chi connectivity index (χ3v) is 8.90. The third-order valence-electron chi connectivity index (χ3n) is 8.90. The topological polar surface area (TPSA) is 175 Å². The summed E-state index contributed by atoms with van der Waals surface area (Å²) < 4.78 is 1.59. The number of carbonyl (C=O) groups excluding carboxylic acids is 5. The summed E-state index contributed by atoms with van der Waals surface area (Å²) in [7, 11) is 0. The van der Waals surface area contributed by atoms with Gasteiger partial charge in [-0.25, -0.2) is 4.68 Å². The molecule has 2 aromatic rings. The van der Waals surface area contributed by atoms with Gasteiger partial charge in [0.2, 0.25) is 17.7 Å². The zero-order chi connectivity index (χ0) is 38.3. The van der Waals surface area contributed by atoms with Gasteiger partial charge in [0.25, 0.3) is 5.91 Å². The fourth-order valence-electron chi connectivity index (χ4n) is 5.55. The van der Waals surface area contributed by atoms with Crippen LogP contribution < -0.4 is 21.3 Å². The van der Waals surface area contributed by atoms with Crippen LogP contribution in [0.1, 0.15) is 110 Å². The summed E-state index contributed by atoms with van der Waals surface area (Å²) in [5.74, 6) is -2.50. The summed E-state index contributed by atoms with van der Waals surface area (Å²) in [6.07, 6.45) is 5.16. The SMILES string of the molecule is CCC(=O)[C@H](CO)NC(=O)[C@H](CCCCN(CC)CC)NC(=O)[C@H](CC(C)C)NC(=O)[C@H](C)NC(=O)c1cnn(-c2ccc(C(C)(C)C)cc2)c1. The van der Waals surface area contributed by atoms with Crippen molar-refractivity contribution >= 4 is 29.4 Å². The maximum absolute atomic E-state index is 13.7. The Morgan fingerprint density at radius 3 is 1.96 bits per heavy atom. The van der Waals surface area contributed by atoms with Gasteiger partial charge in [-0.2, -0.15) is 5.10 Å². The van der Waals surface area contributed by atoms with Crippen LogP contribution in [0.25, 0.3) is 5.69 Å².